The van der Waals surface area contributed by atoms with Crippen LogP contribution in [0.25, 0.3) is 0 Å². The van der Waals surface area contributed by atoms with Gasteiger partial charge in [-0.25, -0.2) is 0 Å². The summed E-state index contributed by atoms with van der Waals surface area (Å²) in [5.41, 5.74) is 6.72. The lowest BCUT2D eigenvalue weighted by atomic mass is 9.96. The Labute approximate surface area is 132 Å². The van der Waals surface area contributed by atoms with Crippen LogP contribution < -0.4 is 10.5 Å². The Balaban J connectivity index is 1.92. The third-order valence-corrected chi connectivity index (χ3v) is 4.07. The molecule has 22 heavy (non-hydrogen) atoms. The number of benzene rings is 1. The highest BCUT2D eigenvalue weighted by atomic mass is 16.5. The van der Waals surface area contributed by atoms with Gasteiger partial charge in [-0.3, -0.25) is 9.69 Å². The van der Waals surface area contributed by atoms with Crippen molar-refractivity contribution in [2.45, 2.75) is 19.9 Å². The molecule has 5 heteroatoms. The van der Waals surface area contributed by atoms with Crippen LogP contribution in [0.2, 0.25) is 0 Å². The highest BCUT2D eigenvalue weighted by Gasteiger charge is 2.36. The van der Waals surface area contributed by atoms with Crippen LogP contribution in [0.4, 0.5) is 0 Å². The molecule has 1 heterocycles. The van der Waals surface area contributed by atoms with Gasteiger partial charge in [0.1, 0.15) is 5.75 Å². The van der Waals surface area contributed by atoms with Crippen molar-refractivity contribution in [2.24, 2.45) is 17.6 Å². The molecule has 2 N–H and O–H groups in total. The molecular formula is C17H26N2O3. The minimum Gasteiger partial charge on any atom is -0.494 e. The molecule has 0 unspecified atom stereocenters. The molecule has 0 aliphatic carbocycles. The zero-order valence-corrected chi connectivity index (χ0v) is 13.5. The predicted molar refractivity (Wildman–Crippen MR) is 85.6 cm³/mol. The van der Waals surface area contributed by atoms with Crippen molar-refractivity contribution in [2.75, 3.05) is 33.4 Å². The molecule has 0 spiro atoms. The Kier molecular flexibility index (Phi) is 6.21. The lowest BCUT2D eigenvalue weighted by Crippen LogP contribution is -2.31. The van der Waals surface area contributed by atoms with Crippen LogP contribution in [-0.4, -0.2) is 44.2 Å². The topological polar surface area (TPSA) is 64.8 Å². The summed E-state index contributed by atoms with van der Waals surface area (Å²) in [6.07, 6.45) is 1.00. The van der Waals surface area contributed by atoms with Crippen molar-refractivity contribution in [3.05, 3.63) is 29.8 Å². The smallest absolute Gasteiger partial charge is 0.222 e. The molecule has 1 aliphatic heterocycles. The van der Waals surface area contributed by atoms with Gasteiger partial charge in [0.25, 0.3) is 0 Å². The van der Waals surface area contributed by atoms with Crippen molar-refractivity contribution >= 4 is 5.91 Å². The van der Waals surface area contributed by atoms with Gasteiger partial charge >= 0.3 is 0 Å². The van der Waals surface area contributed by atoms with E-state index < -0.39 is 0 Å². The summed E-state index contributed by atoms with van der Waals surface area (Å²) in [4.78, 5) is 13.8. The van der Waals surface area contributed by atoms with E-state index >= 15 is 0 Å². The Bertz CT molecular complexity index is 475. The fourth-order valence-electron chi connectivity index (χ4n) is 2.96. The summed E-state index contributed by atoms with van der Waals surface area (Å²) in [5, 5.41) is 0. The fourth-order valence-corrected chi connectivity index (χ4v) is 2.96. The van der Waals surface area contributed by atoms with E-state index in [-0.39, 0.29) is 17.7 Å². The Morgan fingerprint density at radius 1 is 1.32 bits per heavy atom. The monoisotopic (exact) mass is 306 g/mol. The first-order chi connectivity index (χ1) is 10.6. The molecule has 1 fully saturated rings. The number of rotatable bonds is 8. The van der Waals surface area contributed by atoms with Crippen molar-refractivity contribution in [1.82, 2.24) is 4.90 Å². The SMILES string of the molecule is CCCOc1ccc(CN2C[C@@H](COC)[C@H](C(N)=O)C2)cc1. The van der Waals surface area contributed by atoms with E-state index in [0.717, 1.165) is 31.9 Å². The van der Waals surface area contributed by atoms with E-state index in [1.807, 2.05) is 12.1 Å². The molecule has 1 amide bonds. The van der Waals surface area contributed by atoms with Gasteiger partial charge in [-0.1, -0.05) is 19.1 Å². The van der Waals surface area contributed by atoms with Gasteiger partial charge in [-0.2, -0.15) is 0 Å². The number of hydrogen-bond acceptors (Lipinski definition) is 4. The van der Waals surface area contributed by atoms with Crippen molar-refractivity contribution in [1.29, 1.82) is 0 Å². The third-order valence-electron chi connectivity index (χ3n) is 4.07. The summed E-state index contributed by atoms with van der Waals surface area (Å²) in [6, 6.07) is 8.15. The number of ether oxygens (including phenoxy) is 2. The number of amides is 1. The molecule has 2 rings (SSSR count). The number of nitrogens with two attached hydrogens (primary N) is 1. The first-order valence-corrected chi connectivity index (χ1v) is 7.86. The highest BCUT2D eigenvalue weighted by Crippen LogP contribution is 2.25. The zero-order valence-electron chi connectivity index (χ0n) is 13.5. The third kappa shape index (κ3) is 4.45. The predicted octanol–water partition coefficient (Wildman–Crippen LogP) is 1.66. The molecular weight excluding hydrogens is 280 g/mol. The molecule has 0 bridgehead atoms. The maximum absolute atomic E-state index is 11.6. The van der Waals surface area contributed by atoms with Crippen LogP contribution in [0.15, 0.2) is 24.3 Å². The summed E-state index contributed by atoms with van der Waals surface area (Å²) < 4.78 is 10.8. The van der Waals surface area contributed by atoms with E-state index in [1.165, 1.54) is 5.56 Å². The van der Waals surface area contributed by atoms with Gasteiger partial charge < -0.3 is 15.2 Å². The maximum Gasteiger partial charge on any atom is 0.222 e. The van der Waals surface area contributed by atoms with E-state index in [4.69, 9.17) is 15.2 Å². The van der Waals surface area contributed by atoms with Crippen LogP contribution in [0.3, 0.4) is 0 Å². The van der Waals surface area contributed by atoms with E-state index in [2.05, 4.69) is 24.0 Å². The molecule has 0 radical (unpaired) electrons. The number of nitrogens with zero attached hydrogens (tertiary/aromatic N) is 1. The number of primary amides is 1. The van der Waals surface area contributed by atoms with Gasteiger partial charge in [0, 0.05) is 32.7 Å². The van der Waals surface area contributed by atoms with Crippen molar-refractivity contribution in [3.63, 3.8) is 0 Å². The van der Waals surface area contributed by atoms with Gasteiger partial charge in [-0.05, 0) is 24.1 Å². The van der Waals surface area contributed by atoms with Crippen molar-refractivity contribution < 1.29 is 14.3 Å². The Morgan fingerprint density at radius 2 is 2.05 bits per heavy atom. The molecule has 0 saturated carbocycles. The summed E-state index contributed by atoms with van der Waals surface area (Å²) in [6.45, 7) is 5.77. The summed E-state index contributed by atoms with van der Waals surface area (Å²) >= 11 is 0. The minimum absolute atomic E-state index is 0.118. The molecule has 2 atom stereocenters. The second kappa shape index (κ2) is 8.15. The number of hydrogen-bond donors (Lipinski definition) is 1. The van der Waals surface area contributed by atoms with Crippen molar-refractivity contribution in [3.8, 4) is 5.75 Å². The number of methoxy groups -OCH3 is 1. The molecule has 1 aromatic rings. The van der Waals surface area contributed by atoms with Crippen LogP contribution in [0.5, 0.6) is 5.75 Å². The first kappa shape index (κ1) is 16.8. The van der Waals surface area contributed by atoms with Gasteiger partial charge in [0.15, 0.2) is 0 Å². The standard InChI is InChI=1S/C17H26N2O3/c1-3-8-22-15-6-4-13(5-7-15)9-19-10-14(12-21-2)16(11-19)17(18)20/h4-7,14,16H,3,8-12H2,1-2H3,(H2,18,20)/t14-,16+/m0/s1. The second-order valence-corrected chi connectivity index (χ2v) is 5.91. The minimum atomic E-state index is -0.229. The molecule has 1 aliphatic rings. The molecule has 0 aromatic heterocycles. The number of carbonyl (C=O) groups excluding carboxylic acids is 1. The molecule has 122 valence electrons. The van der Waals surface area contributed by atoms with Gasteiger partial charge in [0.05, 0.1) is 19.1 Å². The molecule has 1 aromatic carbocycles. The maximum atomic E-state index is 11.6. The average molecular weight is 306 g/mol. The van der Waals surface area contributed by atoms with Gasteiger partial charge in [0.2, 0.25) is 5.91 Å². The second-order valence-electron chi connectivity index (χ2n) is 5.91. The fraction of sp³-hybridized carbons (Fsp3) is 0.588. The molecule has 5 nitrogen and oxygen atoms in total. The highest BCUT2D eigenvalue weighted by molar-refractivity contribution is 5.77. The number of likely N-dealkylation sites (tertiary alicyclic amines) is 1. The largest absolute Gasteiger partial charge is 0.494 e. The average Bonchev–Trinajstić information content (AvgIpc) is 2.90. The Morgan fingerprint density at radius 3 is 2.64 bits per heavy atom. The van der Waals surface area contributed by atoms with Crippen LogP contribution in [-0.2, 0) is 16.1 Å². The lowest BCUT2D eigenvalue weighted by molar-refractivity contribution is -0.123. The van der Waals surface area contributed by atoms with Gasteiger partial charge in [-0.15, -0.1) is 0 Å². The van der Waals surface area contributed by atoms with Crippen LogP contribution >= 0.6 is 0 Å². The van der Waals surface area contributed by atoms with E-state index in [9.17, 15) is 4.79 Å². The normalized spacial score (nSPS) is 21.9. The lowest BCUT2D eigenvalue weighted by Gasteiger charge is -2.16. The summed E-state index contributed by atoms with van der Waals surface area (Å²) in [7, 11) is 1.66. The molecule has 1 saturated heterocycles. The van der Waals surface area contributed by atoms with E-state index in [0.29, 0.717) is 13.2 Å². The zero-order chi connectivity index (χ0) is 15.9. The van der Waals surface area contributed by atoms with E-state index in [1.54, 1.807) is 7.11 Å². The summed E-state index contributed by atoms with van der Waals surface area (Å²) in [5.74, 6) is 0.744. The van der Waals surface area contributed by atoms with Crippen LogP contribution in [0.1, 0.15) is 18.9 Å². The first-order valence-electron chi connectivity index (χ1n) is 7.86. The van der Waals surface area contributed by atoms with Crippen LogP contribution in [0, 0.1) is 11.8 Å². The Hall–Kier alpha value is -1.59. The number of carbonyl (C=O) groups is 1. The quantitative estimate of drug-likeness (QED) is 0.793.